The van der Waals surface area contributed by atoms with E-state index in [1.807, 2.05) is 66.1 Å². The first-order valence-electron chi connectivity index (χ1n) is 11.5. The molecule has 0 saturated carbocycles. The molecule has 0 saturated heterocycles. The molecule has 0 aliphatic carbocycles. The summed E-state index contributed by atoms with van der Waals surface area (Å²) in [6.07, 6.45) is 0.944. The van der Waals surface area contributed by atoms with Gasteiger partial charge < -0.3 is 19.4 Å². The predicted molar refractivity (Wildman–Crippen MR) is 133 cm³/mol. The summed E-state index contributed by atoms with van der Waals surface area (Å²) in [5.74, 6) is -0.700. The fourth-order valence-corrected chi connectivity index (χ4v) is 3.81. The molecule has 2 amide bonds. The Morgan fingerprint density at radius 2 is 1.69 bits per heavy atom. The number of carbonyl (C=O) groups is 3. The van der Waals surface area contributed by atoms with E-state index in [2.05, 4.69) is 15.8 Å². The second-order valence-corrected chi connectivity index (χ2v) is 7.73. The lowest BCUT2D eigenvalue weighted by Gasteiger charge is -2.18. The van der Waals surface area contributed by atoms with Crippen LogP contribution in [0.25, 0.3) is 10.9 Å². The van der Waals surface area contributed by atoms with Crippen LogP contribution in [0.5, 0.6) is 0 Å². The maximum Gasteiger partial charge on any atom is 0.407 e. The third-order valence-corrected chi connectivity index (χ3v) is 5.41. The number of hydrogen-bond donors (Lipinski definition) is 2. The highest BCUT2D eigenvalue weighted by Crippen LogP contribution is 2.24. The zero-order valence-corrected chi connectivity index (χ0v) is 20.1. The Balaban J connectivity index is 1.75. The summed E-state index contributed by atoms with van der Waals surface area (Å²) in [5, 5.41) is 7.76. The summed E-state index contributed by atoms with van der Waals surface area (Å²) in [4.78, 5) is 36.7. The molecule has 0 aliphatic rings. The van der Waals surface area contributed by atoms with Crippen LogP contribution in [0.15, 0.2) is 59.7 Å². The zero-order valence-electron chi connectivity index (χ0n) is 20.1. The van der Waals surface area contributed by atoms with Crippen molar-refractivity contribution in [3.8, 4) is 0 Å². The van der Waals surface area contributed by atoms with E-state index in [-0.39, 0.29) is 31.4 Å². The van der Waals surface area contributed by atoms with Gasteiger partial charge >= 0.3 is 12.1 Å². The van der Waals surface area contributed by atoms with Crippen molar-refractivity contribution in [3.63, 3.8) is 0 Å². The third-order valence-electron chi connectivity index (χ3n) is 5.41. The third kappa shape index (κ3) is 6.69. The van der Waals surface area contributed by atoms with Gasteiger partial charge in [-0.25, -0.2) is 10.2 Å². The Bertz CT molecular complexity index is 1200. The Kier molecular flexibility index (Phi) is 9.00. The molecule has 3 rings (SSSR count). The summed E-state index contributed by atoms with van der Waals surface area (Å²) >= 11 is 0. The first-order chi connectivity index (χ1) is 16.9. The minimum atomic E-state index is -0.595. The molecule has 0 fully saturated rings. The Labute approximate surface area is 204 Å². The molecular formula is C26H30N4O5. The largest absolute Gasteiger partial charge is 0.465 e. The number of aromatic nitrogens is 1. The molecule has 1 aromatic heterocycles. The normalized spacial score (nSPS) is 11.9. The number of amides is 2. The summed E-state index contributed by atoms with van der Waals surface area (Å²) in [7, 11) is 0. The molecule has 1 atom stereocenters. The minimum absolute atomic E-state index is 0.0240. The van der Waals surface area contributed by atoms with E-state index in [1.165, 1.54) is 0 Å². The van der Waals surface area contributed by atoms with Crippen LogP contribution in [-0.2, 0) is 25.6 Å². The standard InChI is InChI=1S/C26H30N4O5/c1-4-34-25(32)17-30-18(3)21(20-13-9-10-14-23(20)30)16-27-29-24(31)15-22(28-26(33)35-5-2)19-11-7-6-8-12-19/h6-14,16,22H,4-5,15,17H2,1-3H3,(H,28,33)(H,29,31)/b27-16-/t22-/m1/s1. The van der Waals surface area contributed by atoms with Gasteiger partial charge in [0.2, 0.25) is 5.91 Å². The molecular weight excluding hydrogens is 448 g/mol. The van der Waals surface area contributed by atoms with Gasteiger partial charge in [0.1, 0.15) is 6.54 Å². The highest BCUT2D eigenvalue weighted by molar-refractivity contribution is 6.01. The quantitative estimate of drug-likeness (QED) is 0.261. The molecule has 184 valence electrons. The van der Waals surface area contributed by atoms with Crippen LogP contribution >= 0.6 is 0 Å². The van der Waals surface area contributed by atoms with Crippen molar-refractivity contribution in [3.05, 3.63) is 71.4 Å². The molecule has 9 heteroatoms. The maximum absolute atomic E-state index is 12.6. The molecule has 2 aromatic carbocycles. The lowest BCUT2D eigenvalue weighted by Crippen LogP contribution is -2.33. The van der Waals surface area contributed by atoms with Crippen LogP contribution in [-0.4, -0.2) is 42.0 Å². The fourth-order valence-electron chi connectivity index (χ4n) is 3.81. The van der Waals surface area contributed by atoms with Crippen LogP contribution in [0.1, 0.15) is 43.1 Å². The summed E-state index contributed by atoms with van der Waals surface area (Å²) in [6, 6.07) is 16.3. The average Bonchev–Trinajstić information content (AvgIpc) is 3.10. The van der Waals surface area contributed by atoms with Gasteiger partial charge in [-0.3, -0.25) is 9.59 Å². The van der Waals surface area contributed by atoms with Crippen molar-refractivity contribution in [1.29, 1.82) is 0 Å². The van der Waals surface area contributed by atoms with E-state index in [9.17, 15) is 14.4 Å². The van der Waals surface area contributed by atoms with Crippen molar-refractivity contribution in [1.82, 2.24) is 15.3 Å². The van der Waals surface area contributed by atoms with Crippen molar-refractivity contribution in [2.75, 3.05) is 13.2 Å². The van der Waals surface area contributed by atoms with Crippen LogP contribution in [0, 0.1) is 6.92 Å². The van der Waals surface area contributed by atoms with Gasteiger partial charge in [0, 0.05) is 22.2 Å². The van der Waals surface area contributed by atoms with E-state index in [1.54, 1.807) is 20.1 Å². The molecule has 9 nitrogen and oxygen atoms in total. The number of rotatable bonds is 10. The van der Waals surface area contributed by atoms with Crippen LogP contribution < -0.4 is 10.7 Å². The van der Waals surface area contributed by atoms with Crippen molar-refractivity contribution in [2.45, 2.75) is 39.8 Å². The van der Waals surface area contributed by atoms with Gasteiger partial charge in [0.05, 0.1) is 31.9 Å². The predicted octanol–water partition coefficient (Wildman–Crippen LogP) is 3.84. The number of hydrazone groups is 1. The number of nitrogens with one attached hydrogen (secondary N) is 2. The molecule has 35 heavy (non-hydrogen) atoms. The van der Waals surface area contributed by atoms with Crippen LogP contribution in [0.4, 0.5) is 4.79 Å². The van der Waals surface area contributed by atoms with Gasteiger partial charge in [0.25, 0.3) is 0 Å². The highest BCUT2D eigenvalue weighted by atomic mass is 16.5. The number of hydrogen-bond acceptors (Lipinski definition) is 6. The lowest BCUT2D eigenvalue weighted by atomic mass is 10.0. The van der Waals surface area contributed by atoms with E-state index in [0.717, 1.165) is 27.7 Å². The first kappa shape index (κ1) is 25.5. The van der Waals surface area contributed by atoms with E-state index < -0.39 is 12.1 Å². The fraction of sp³-hybridized carbons (Fsp3) is 0.308. The maximum atomic E-state index is 12.6. The molecule has 3 aromatic rings. The highest BCUT2D eigenvalue weighted by Gasteiger charge is 2.19. The first-order valence-corrected chi connectivity index (χ1v) is 11.5. The molecule has 2 N–H and O–H groups in total. The topological polar surface area (TPSA) is 111 Å². The van der Waals surface area contributed by atoms with Crippen molar-refractivity contribution in [2.24, 2.45) is 5.10 Å². The Hall–Kier alpha value is -4.14. The SMILES string of the molecule is CCOC(=O)Cn1c(C)c(/C=N\NC(=O)C[C@@H](NC(=O)OCC)c2ccccc2)c2ccccc21. The van der Waals surface area contributed by atoms with Gasteiger partial charge in [-0.2, -0.15) is 5.10 Å². The molecule has 1 heterocycles. The Morgan fingerprint density at radius 1 is 1.00 bits per heavy atom. The number of esters is 1. The molecule has 0 unspecified atom stereocenters. The number of fused-ring (bicyclic) bond motifs is 1. The number of alkyl carbamates (subject to hydrolysis) is 1. The number of nitrogens with zero attached hydrogens (tertiary/aromatic N) is 2. The molecule has 0 bridgehead atoms. The summed E-state index contributed by atoms with van der Waals surface area (Å²) in [6.45, 7) is 5.99. The minimum Gasteiger partial charge on any atom is -0.465 e. The summed E-state index contributed by atoms with van der Waals surface area (Å²) in [5.41, 5.74) is 5.79. The average molecular weight is 479 g/mol. The van der Waals surface area contributed by atoms with E-state index >= 15 is 0 Å². The van der Waals surface area contributed by atoms with Gasteiger partial charge in [-0.15, -0.1) is 0 Å². The van der Waals surface area contributed by atoms with E-state index in [0.29, 0.717) is 6.61 Å². The second kappa shape index (κ2) is 12.4. The number of ether oxygens (including phenoxy) is 2. The van der Waals surface area contributed by atoms with Gasteiger partial charge in [0.15, 0.2) is 0 Å². The number of benzene rings is 2. The van der Waals surface area contributed by atoms with Crippen molar-refractivity contribution < 1.29 is 23.9 Å². The van der Waals surface area contributed by atoms with Crippen molar-refractivity contribution >= 4 is 35.1 Å². The van der Waals surface area contributed by atoms with Gasteiger partial charge in [-0.1, -0.05) is 48.5 Å². The van der Waals surface area contributed by atoms with Crippen LogP contribution in [0.2, 0.25) is 0 Å². The smallest absolute Gasteiger partial charge is 0.407 e. The Morgan fingerprint density at radius 3 is 2.40 bits per heavy atom. The number of para-hydroxylation sites is 1. The van der Waals surface area contributed by atoms with Gasteiger partial charge in [-0.05, 0) is 32.4 Å². The monoisotopic (exact) mass is 478 g/mol. The second-order valence-electron chi connectivity index (χ2n) is 7.73. The van der Waals surface area contributed by atoms with Crippen LogP contribution in [0.3, 0.4) is 0 Å². The van der Waals surface area contributed by atoms with E-state index in [4.69, 9.17) is 9.47 Å². The summed E-state index contributed by atoms with van der Waals surface area (Å²) < 4.78 is 11.9. The molecule has 0 radical (unpaired) electrons. The number of carbonyl (C=O) groups excluding carboxylic acids is 3. The molecule has 0 spiro atoms. The molecule has 0 aliphatic heterocycles. The lowest BCUT2D eigenvalue weighted by molar-refractivity contribution is -0.143. The zero-order chi connectivity index (χ0) is 25.2.